The molecule has 2 rings (SSSR count). The van der Waals surface area contributed by atoms with E-state index in [0.29, 0.717) is 21.1 Å². The van der Waals surface area contributed by atoms with Gasteiger partial charge in [-0.25, -0.2) is 8.42 Å². The molecule has 4 nitrogen and oxygen atoms in total. The van der Waals surface area contributed by atoms with E-state index < -0.39 is 9.84 Å². The van der Waals surface area contributed by atoms with Gasteiger partial charge in [0.2, 0.25) is 0 Å². The normalized spacial score (nSPS) is 14.0. The number of para-hydroxylation sites is 1. The number of hydrogen-bond donors (Lipinski definition) is 1. The summed E-state index contributed by atoms with van der Waals surface area (Å²) >= 11 is 5.44. The smallest absolute Gasteiger partial charge is 0.178 e. The maximum absolute atomic E-state index is 11.9. The molecule has 1 aromatic heterocycles. The SMILES string of the molecule is CCC(CC)C(C)n1c(=S)[nH]c2c(S(C)(=O)=O)cccc21. The molecule has 1 N–H and O–H groups in total. The Morgan fingerprint density at radius 1 is 1.29 bits per heavy atom. The van der Waals surface area contributed by atoms with Crippen molar-refractivity contribution in [2.45, 2.75) is 44.6 Å². The number of imidazole rings is 1. The third-order valence-electron chi connectivity index (χ3n) is 4.25. The lowest BCUT2D eigenvalue weighted by atomic mass is 9.95. The molecule has 1 atom stereocenters. The predicted molar refractivity (Wildman–Crippen MR) is 89.0 cm³/mol. The topological polar surface area (TPSA) is 54.9 Å². The highest BCUT2D eigenvalue weighted by molar-refractivity contribution is 7.91. The average Bonchev–Trinajstić information content (AvgIpc) is 2.74. The number of nitrogens with one attached hydrogen (secondary N) is 1. The van der Waals surface area contributed by atoms with E-state index in [1.165, 1.54) is 6.26 Å². The molecule has 0 aliphatic rings. The van der Waals surface area contributed by atoms with Crippen molar-refractivity contribution in [3.05, 3.63) is 23.0 Å². The van der Waals surface area contributed by atoms with Gasteiger partial charge in [0.05, 0.1) is 15.9 Å². The second-order valence-corrected chi connectivity index (χ2v) is 7.91. The lowest BCUT2D eigenvalue weighted by Gasteiger charge is -2.23. The number of nitrogens with zero attached hydrogens (tertiary/aromatic N) is 1. The maximum atomic E-state index is 11.9. The molecular weight excluding hydrogens is 304 g/mol. The standard InChI is InChI=1S/C15H22N2O2S2/c1-5-11(6-2)10(3)17-12-8-7-9-13(21(4,18)19)14(12)16-15(17)20/h7-11H,5-6H2,1-4H3,(H,16,20). The zero-order valence-electron chi connectivity index (χ0n) is 12.9. The summed E-state index contributed by atoms with van der Waals surface area (Å²) in [5.74, 6) is 0.512. The van der Waals surface area contributed by atoms with Crippen molar-refractivity contribution in [1.29, 1.82) is 0 Å². The molecule has 2 aromatic rings. The van der Waals surface area contributed by atoms with Crippen LogP contribution in [0.4, 0.5) is 0 Å². The Kier molecular flexibility index (Phi) is 4.58. The minimum absolute atomic E-state index is 0.232. The van der Waals surface area contributed by atoms with Crippen molar-refractivity contribution < 1.29 is 8.42 Å². The Morgan fingerprint density at radius 2 is 1.90 bits per heavy atom. The lowest BCUT2D eigenvalue weighted by molar-refractivity contribution is 0.337. The minimum Gasteiger partial charge on any atom is -0.329 e. The van der Waals surface area contributed by atoms with Crippen LogP contribution in [0.25, 0.3) is 11.0 Å². The van der Waals surface area contributed by atoms with Crippen LogP contribution in [0, 0.1) is 10.7 Å². The van der Waals surface area contributed by atoms with Gasteiger partial charge >= 0.3 is 0 Å². The molecule has 0 aliphatic heterocycles. The highest BCUT2D eigenvalue weighted by Gasteiger charge is 2.21. The van der Waals surface area contributed by atoms with Crippen LogP contribution < -0.4 is 0 Å². The van der Waals surface area contributed by atoms with Gasteiger partial charge in [-0.05, 0) is 37.2 Å². The number of sulfone groups is 1. The van der Waals surface area contributed by atoms with Crippen LogP contribution in [0.2, 0.25) is 0 Å². The second-order valence-electron chi connectivity index (χ2n) is 5.54. The number of H-pyrrole nitrogens is 1. The summed E-state index contributed by atoms with van der Waals surface area (Å²) in [7, 11) is -3.28. The molecule has 0 saturated heterocycles. The van der Waals surface area contributed by atoms with Gasteiger partial charge in [0.15, 0.2) is 14.6 Å². The fourth-order valence-electron chi connectivity index (χ4n) is 3.02. The lowest BCUT2D eigenvalue weighted by Crippen LogP contribution is -2.15. The highest BCUT2D eigenvalue weighted by atomic mass is 32.2. The van der Waals surface area contributed by atoms with E-state index in [-0.39, 0.29) is 6.04 Å². The van der Waals surface area contributed by atoms with Gasteiger partial charge in [-0.3, -0.25) is 0 Å². The largest absolute Gasteiger partial charge is 0.329 e. The average molecular weight is 326 g/mol. The van der Waals surface area contributed by atoms with Gasteiger partial charge in [-0.2, -0.15) is 0 Å². The van der Waals surface area contributed by atoms with Crippen molar-refractivity contribution in [2.75, 3.05) is 6.26 Å². The number of benzene rings is 1. The Hall–Kier alpha value is -1.14. The first-order chi connectivity index (χ1) is 9.81. The molecule has 0 radical (unpaired) electrons. The zero-order valence-corrected chi connectivity index (χ0v) is 14.5. The maximum Gasteiger partial charge on any atom is 0.178 e. The van der Waals surface area contributed by atoms with Gasteiger partial charge in [0, 0.05) is 12.3 Å². The van der Waals surface area contributed by atoms with Gasteiger partial charge < -0.3 is 9.55 Å². The van der Waals surface area contributed by atoms with Crippen molar-refractivity contribution in [1.82, 2.24) is 9.55 Å². The first kappa shape index (κ1) is 16.2. The van der Waals surface area contributed by atoms with E-state index in [2.05, 4.69) is 30.3 Å². The van der Waals surface area contributed by atoms with Crippen LogP contribution in [0.1, 0.15) is 39.7 Å². The van der Waals surface area contributed by atoms with E-state index in [9.17, 15) is 8.42 Å². The molecule has 1 heterocycles. The van der Waals surface area contributed by atoms with Crippen LogP contribution in [0.15, 0.2) is 23.1 Å². The van der Waals surface area contributed by atoms with Crippen molar-refractivity contribution >= 4 is 33.1 Å². The van der Waals surface area contributed by atoms with Crippen LogP contribution in [-0.2, 0) is 9.84 Å². The summed E-state index contributed by atoms with van der Waals surface area (Å²) in [5, 5.41) is 0. The third kappa shape index (κ3) is 2.92. The molecule has 1 aromatic carbocycles. The summed E-state index contributed by atoms with van der Waals surface area (Å²) in [5.41, 5.74) is 1.48. The van der Waals surface area contributed by atoms with E-state index in [1.54, 1.807) is 12.1 Å². The monoisotopic (exact) mass is 326 g/mol. The Morgan fingerprint density at radius 3 is 2.43 bits per heavy atom. The fraction of sp³-hybridized carbons (Fsp3) is 0.533. The molecule has 6 heteroatoms. The van der Waals surface area contributed by atoms with Crippen LogP contribution in [0.3, 0.4) is 0 Å². The molecule has 21 heavy (non-hydrogen) atoms. The summed E-state index contributed by atoms with van der Waals surface area (Å²) in [4.78, 5) is 3.39. The summed E-state index contributed by atoms with van der Waals surface area (Å²) in [6.07, 6.45) is 3.36. The first-order valence-electron chi connectivity index (χ1n) is 7.24. The molecule has 1 unspecified atom stereocenters. The summed E-state index contributed by atoms with van der Waals surface area (Å²) < 4.78 is 26.5. The quantitative estimate of drug-likeness (QED) is 0.842. The van der Waals surface area contributed by atoms with Gasteiger partial charge in [0.1, 0.15) is 0 Å². The first-order valence-corrected chi connectivity index (χ1v) is 9.54. The Labute approximate surface area is 131 Å². The second kappa shape index (κ2) is 5.93. The predicted octanol–water partition coefficient (Wildman–Crippen LogP) is 4.10. The van der Waals surface area contributed by atoms with E-state index >= 15 is 0 Å². The van der Waals surface area contributed by atoms with Crippen molar-refractivity contribution in [3.63, 3.8) is 0 Å². The number of aromatic amines is 1. The molecule has 116 valence electrons. The summed E-state index contributed by atoms with van der Waals surface area (Å²) in [6, 6.07) is 5.55. The van der Waals surface area contributed by atoms with Crippen molar-refractivity contribution in [2.24, 2.45) is 5.92 Å². The molecule has 0 aliphatic carbocycles. The van der Waals surface area contributed by atoms with Crippen LogP contribution >= 0.6 is 12.2 Å². The Balaban J connectivity index is 2.73. The third-order valence-corrected chi connectivity index (χ3v) is 5.69. The van der Waals surface area contributed by atoms with Crippen LogP contribution in [-0.4, -0.2) is 24.2 Å². The molecule has 0 amide bonds. The number of aromatic nitrogens is 2. The Bertz CT molecular complexity index is 799. The van der Waals surface area contributed by atoms with E-state index in [1.807, 2.05) is 6.07 Å². The number of rotatable bonds is 5. The number of fused-ring (bicyclic) bond motifs is 1. The molecular formula is C15H22N2O2S2. The molecule has 0 spiro atoms. The number of hydrogen-bond acceptors (Lipinski definition) is 3. The van der Waals surface area contributed by atoms with Crippen molar-refractivity contribution in [3.8, 4) is 0 Å². The van der Waals surface area contributed by atoms with Gasteiger partial charge in [-0.1, -0.05) is 32.8 Å². The van der Waals surface area contributed by atoms with E-state index in [4.69, 9.17) is 12.2 Å². The highest BCUT2D eigenvalue weighted by Crippen LogP contribution is 2.30. The minimum atomic E-state index is -3.28. The van der Waals surface area contributed by atoms with Crippen LogP contribution in [0.5, 0.6) is 0 Å². The zero-order chi connectivity index (χ0) is 15.8. The molecule has 0 bridgehead atoms. The fourth-order valence-corrected chi connectivity index (χ4v) is 4.24. The van der Waals surface area contributed by atoms with Gasteiger partial charge in [-0.15, -0.1) is 0 Å². The summed E-state index contributed by atoms with van der Waals surface area (Å²) in [6.45, 7) is 6.49. The van der Waals surface area contributed by atoms with Gasteiger partial charge in [0.25, 0.3) is 0 Å². The molecule has 0 saturated carbocycles. The molecule has 0 fully saturated rings. The van der Waals surface area contributed by atoms with E-state index in [0.717, 1.165) is 18.4 Å².